The Labute approximate surface area is 139 Å². The van der Waals surface area contributed by atoms with Gasteiger partial charge in [0.1, 0.15) is 17.6 Å². The Balaban J connectivity index is 1.95. The van der Waals surface area contributed by atoms with Gasteiger partial charge in [0.15, 0.2) is 11.6 Å². The lowest BCUT2D eigenvalue weighted by atomic mass is 10.1. The first kappa shape index (κ1) is 17.0. The zero-order chi connectivity index (χ0) is 18.2. The van der Waals surface area contributed by atoms with Crippen LogP contribution in [0.15, 0.2) is 42.6 Å². The largest absolute Gasteiger partial charge is 0.433 e. The van der Waals surface area contributed by atoms with Crippen LogP contribution in [-0.4, -0.2) is 24.9 Å². The molecule has 0 radical (unpaired) electrons. The van der Waals surface area contributed by atoms with E-state index in [1.807, 2.05) is 0 Å². The van der Waals surface area contributed by atoms with Gasteiger partial charge in [0.2, 0.25) is 0 Å². The van der Waals surface area contributed by atoms with E-state index in [9.17, 15) is 22.7 Å². The maximum Gasteiger partial charge on any atom is 0.433 e. The van der Waals surface area contributed by atoms with Crippen LogP contribution in [0.1, 0.15) is 23.2 Å². The minimum Gasteiger partial charge on any atom is -0.380 e. The third-order valence-electron chi connectivity index (χ3n) is 3.53. The summed E-state index contributed by atoms with van der Waals surface area (Å²) >= 11 is 0. The molecule has 0 spiro atoms. The van der Waals surface area contributed by atoms with Crippen molar-refractivity contribution in [2.45, 2.75) is 12.3 Å². The molecule has 0 bridgehead atoms. The van der Waals surface area contributed by atoms with Gasteiger partial charge < -0.3 is 5.11 Å². The van der Waals surface area contributed by atoms with Crippen molar-refractivity contribution in [3.8, 4) is 11.4 Å². The molecular formula is C16H12F4N4O. The monoisotopic (exact) mass is 352 g/mol. The molecule has 2 heterocycles. The fourth-order valence-corrected chi connectivity index (χ4v) is 2.28. The topological polar surface area (TPSA) is 63.8 Å². The summed E-state index contributed by atoms with van der Waals surface area (Å²) in [7, 11) is 1.50. The van der Waals surface area contributed by atoms with E-state index >= 15 is 0 Å². The Morgan fingerprint density at radius 1 is 1.12 bits per heavy atom. The lowest BCUT2D eigenvalue weighted by molar-refractivity contribution is -0.141. The third-order valence-corrected chi connectivity index (χ3v) is 3.53. The summed E-state index contributed by atoms with van der Waals surface area (Å²) in [6.07, 6.45) is -5.07. The summed E-state index contributed by atoms with van der Waals surface area (Å²) in [5.41, 5.74) is -0.602. The van der Waals surface area contributed by atoms with Crippen LogP contribution in [0.3, 0.4) is 0 Å². The number of aromatic nitrogens is 4. The van der Waals surface area contributed by atoms with E-state index in [2.05, 4.69) is 15.1 Å². The lowest BCUT2D eigenvalue weighted by Crippen LogP contribution is -2.12. The van der Waals surface area contributed by atoms with E-state index in [-0.39, 0.29) is 17.2 Å². The normalized spacial score (nSPS) is 13.0. The van der Waals surface area contributed by atoms with Gasteiger partial charge in [-0.25, -0.2) is 14.1 Å². The third kappa shape index (κ3) is 3.50. The average molecular weight is 352 g/mol. The number of aliphatic hydroxyl groups excluding tert-OH is 1. The molecule has 0 aliphatic rings. The van der Waals surface area contributed by atoms with E-state index in [0.29, 0.717) is 5.56 Å². The molecule has 9 heteroatoms. The Kier molecular flexibility index (Phi) is 4.25. The quantitative estimate of drug-likeness (QED) is 0.736. The van der Waals surface area contributed by atoms with E-state index in [1.165, 1.54) is 42.1 Å². The van der Waals surface area contributed by atoms with E-state index < -0.39 is 23.8 Å². The summed E-state index contributed by atoms with van der Waals surface area (Å²) in [5, 5.41) is 14.5. The van der Waals surface area contributed by atoms with Gasteiger partial charge in [-0.15, -0.1) is 0 Å². The number of aryl methyl sites for hydroxylation is 1. The van der Waals surface area contributed by atoms with Crippen molar-refractivity contribution < 1.29 is 22.7 Å². The smallest absolute Gasteiger partial charge is 0.380 e. The summed E-state index contributed by atoms with van der Waals surface area (Å²) in [5.74, 6) is -0.142. The van der Waals surface area contributed by atoms with Crippen LogP contribution in [-0.2, 0) is 13.2 Å². The average Bonchev–Trinajstić information content (AvgIpc) is 2.96. The second-order valence-corrected chi connectivity index (χ2v) is 5.30. The molecular weight excluding hydrogens is 340 g/mol. The van der Waals surface area contributed by atoms with Crippen LogP contribution in [0.4, 0.5) is 17.6 Å². The molecule has 0 fully saturated rings. The summed E-state index contributed by atoms with van der Waals surface area (Å²) < 4.78 is 52.5. The molecule has 0 saturated heterocycles. The summed E-state index contributed by atoms with van der Waals surface area (Å²) in [6.45, 7) is 0. The number of aliphatic hydroxyl groups is 1. The highest BCUT2D eigenvalue weighted by Gasteiger charge is 2.33. The van der Waals surface area contributed by atoms with Gasteiger partial charge in [0.25, 0.3) is 0 Å². The second-order valence-electron chi connectivity index (χ2n) is 5.30. The van der Waals surface area contributed by atoms with Crippen LogP contribution in [0.2, 0.25) is 0 Å². The van der Waals surface area contributed by atoms with Crippen LogP contribution < -0.4 is 0 Å². The van der Waals surface area contributed by atoms with Gasteiger partial charge >= 0.3 is 6.18 Å². The maximum absolute atomic E-state index is 13.0. The van der Waals surface area contributed by atoms with Crippen molar-refractivity contribution in [1.82, 2.24) is 19.7 Å². The number of nitrogens with zero attached hydrogens (tertiary/aromatic N) is 4. The van der Waals surface area contributed by atoms with E-state index in [4.69, 9.17) is 0 Å². The lowest BCUT2D eigenvalue weighted by Gasteiger charge is -2.12. The number of rotatable bonds is 3. The molecule has 2 aromatic heterocycles. The summed E-state index contributed by atoms with van der Waals surface area (Å²) in [4.78, 5) is 7.41. The SMILES string of the molecule is Cn1nc(-c2ccc(F)cc2)nc1C(O)c1ccnc(C(F)(F)F)c1. The first-order chi connectivity index (χ1) is 11.8. The first-order valence-corrected chi connectivity index (χ1v) is 7.14. The van der Waals surface area contributed by atoms with Gasteiger partial charge in [-0.2, -0.15) is 18.3 Å². The molecule has 1 atom stereocenters. The van der Waals surface area contributed by atoms with Crippen molar-refractivity contribution in [1.29, 1.82) is 0 Å². The molecule has 0 saturated carbocycles. The van der Waals surface area contributed by atoms with E-state index in [1.54, 1.807) is 0 Å². The number of alkyl halides is 3. The van der Waals surface area contributed by atoms with Crippen molar-refractivity contribution >= 4 is 0 Å². The van der Waals surface area contributed by atoms with Gasteiger partial charge in [0, 0.05) is 18.8 Å². The minimum absolute atomic E-state index is 0.0107. The Morgan fingerprint density at radius 3 is 2.44 bits per heavy atom. The van der Waals surface area contributed by atoms with Crippen LogP contribution in [0.25, 0.3) is 11.4 Å². The number of halogens is 4. The Hall–Kier alpha value is -2.81. The number of benzene rings is 1. The van der Waals surface area contributed by atoms with Crippen molar-refractivity contribution in [3.63, 3.8) is 0 Å². The number of hydrogen-bond acceptors (Lipinski definition) is 4. The zero-order valence-electron chi connectivity index (χ0n) is 12.9. The zero-order valence-corrected chi connectivity index (χ0v) is 12.9. The fraction of sp³-hybridized carbons (Fsp3) is 0.188. The van der Waals surface area contributed by atoms with Gasteiger partial charge in [0.05, 0.1) is 0 Å². The highest BCUT2D eigenvalue weighted by molar-refractivity contribution is 5.54. The molecule has 3 aromatic rings. The van der Waals surface area contributed by atoms with Gasteiger partial charge in [-0.05, 0) is 42.0 Å². The summed E-state index contributed by atoms with van der Waals surface area (Å²) in [6, 6.07) is 7.44. The maximum atomic E-state index is 13.0. The minimum atomic E-state index is -4.62. The van der Waals surface area contributed by atoms with Gasteiger partial charge in [-0.1, -0.05) is 0 Å². The molecule has 130 valence electrons. The van der Waals surface area contributed by atoms with Crippen LogP contribution >= 0.6 is 0 Å². The molecule has 0 aliphatic heterocycles. The Bertz CT molecular complexity index is 890. The van der Waals surface area contributed by atoms with E-state index in [0.717, 1.165) is 12.3 Å². The predicted octanol–water partition coefficient (Wildman–Crippen LogP) is 3.12. The fourth-order valence-electron chi connectivity index (χ4n) is 2.28. The molecule has 0 amide bonds. The van der Waals surface area contributed by atoms with Crippen molar-refractivity contribution in [2.24, 2.45) is 7.05 Å². The van der Waals surface area contributed by atoms with Crippen LogP contribution in [0, 0.1) is 5.82 Å². The Morgan fingerprint density at radius 2 is 1.80 bits per heavy atom. The van der Waals surface area contributed by atoms with Crippen molar-refractivity contribution in [3.05, 3.63) is 65.5 Å². The predicted molar refractivity (Wildman–Crippen MR) is 79.7 cm³/mol. The van der Waals surface area contributed by atoms with Crippen LogP contribution in [0.5, 0.6) is 0 Å². The highest BCUT2D eigenvalue weighted by Crippen LogP contribution is 2.30. The highest BCUT2D eigenvalue weighted by atomic mass is 19.4. The molecule has 0 aliphatic carbocycles. The first-order valence-electron chi connectivity index (χ1n) is 7.14. The van der Waals surface area contributed by atoms with Crippen molar-refractivity contribution in [2.75, 3.05) is 0 Å². The molecule has 1 aromatic carbocycles. The molecule has 1 N–H and O–H groups in total. The number of hydrogen-bond donors (Lipinski definition) is 1. The second kappa shape index (κ2) is 6.25. The molecule has 3 rings (SSSR count). The standard InChI is InChI=1S/C16H12F4N4O/c1-24-15(22-14(23-24)9-2-4-11(17)5-3-9)13(25)10-6-7-21-12(8-10)16(18,19)20/h2-8,13,25H,1H3. The molecule has 25 heavy (non-hydrogen) atoms. The number of pyridine rings is 1. The molecule has 5 nitrogen and oxygen atoms in total. The molecule has 1 unspecified atom stereocenters. The van der Waals surface area contributed by atoms with Gasteiger partial charge in [-0.3, -0.25) is 4.98 Å².